The van der Waals surface area contributed by atoms with Gasteiger partial charge in [-0.3, -0.25) is 9.59 Å². The Hall–Kier alpha value is -2.14. The van der Waals surface area contributed by atoms with Crippen LogP contribution in [0.5, 0.6) is 0 Å². The number of fused-ring (bicyclic) bond motifs is 1. The lowest BCUT2D eigenvalue weighted by Crippen LogP contribution is -2.55. The van der Waals surface area contributed by atoms with Gasteiger partial charge >= 0.3 is 0 Å². The third-order valence-electron chi connectivity index (χ3n) is 7.43. The second-order valence-electron chi connectivity index (χ2n) is 9.05. The molecule has 2 saturated carbocycles. The van der Waals surface area contributed by atoms with Gasteiger partial charge in [-0.25, -0.2) is 10.0 Å². The van der Waals surface area contributed by atoms with Crippen molar-refractivity contribution in [2.24, 2.45) is 16.7 Å². The molecule has 2 amide bonds. The van der Waals surface area contributed by atoms with Crippen molar-refractivity contribution in [3.63, 3.8) is 0 Å². The minimum absolute atomic E-state index is 0.00791. The van der Waals surface area contributed by atoms with E-state index in [2.05, 4.69) is 20.4 Å². The van der Waals surface area contributed by atoms with E-state index < -0.39 is 16.9 Å². The van der Waals surface area contributed by atoms with Crippen molar-refractivity contribution in [3.8, 4) is 0 Å². The molecule has 1 aromatic rings. The summed E-state index contributed by atoms with van der Waals surface area (Å²) < 4.78 is 0. The van der Waals surface area contributed by atoms with Crippen LogP contribution < -0.4 is 5.01 Å². The highest BCUT2D eigenvalue weighted by molar-refractivity contribution is 6.06. The summed E-state index contributed by atoms with van der Waals surface area (Å²) >= 11 is 0. The van der Waals surface area contributed by atoms with Crippen LogP contribution in [-0.4, -0.2) is 33.6 Å². The first kappa shape index (κ1) is 18.2. The van der Waals surface area contributed by atoms with Gasteiger partial charge in [0, 0.05) is 6.42 Å². The van der Waals surface area contributed by atoms with E-state index in [-0.39, 0.29) is 23.8 Å². The van der Waals surface area contributed by atoms with E-state index in [1.54, 1.807) is 11.1 Å². The second-order valence-corrected chi connectivity index (χ2v) is 9.05. The Morgan fingerprint density at radius 2 is 2.04 bits per heavy atom. The number of carbonyl (C=O) groups is 2. The fourth-order valence-corrected chi connectivity index (χ4v) is 5.85. The maximum absolute atomic E-state index is 13.8. The van der Waals surface area contributed by atoms with Crippen LogP contribution in [0.2, 0.25) is 0 Å². The molecule has 1 spiro atoms. The molecule has 0 radical (unpaired) electrons. The Labute approximate surface area is 160 Å². The standard InChI is InChI=1S/C22H28N2O3/c1-5-12-21(4,27)18(25)24-17-14-15-11-13-22(17,20(15,2)3)19(26)23(24)16-9-7-6-8-10-16/h5-10,15,17,27H,1,11-14H2,2-4H3/t15-,17+,21-,22+/m1/s1. The zero-order valence-corrected chi connectivity index (χ0v) is 16.3. The molecule has 4 rings (SSSR count). The van der Waals surface area contributed by atoms with Crippen LogP contribution in [0, 0.1) is 16.7 Å². The second kappa shape index (κ2) is 5.68. The lowest BCUT2D eigenvalue weighted by atomic mass is 9.67. The fourth-order valence-electron chi connectivity index (χ4n) is 5.85. The van der Waals surface area contributed by atoms with Gasteiger partial charge in [-0.1, -0.05) is 38.1 Å². The quantitative estimate of drug-likeness (QED) is 0.830. The van der Waals surface area contributed by atoms with Gasteiger partial charge < -0.3 is 5.11 Å². The summed E-state index contributed by atoms with van der Waals surface area (Å²) in [7, 11) is 0. The molecule has 1 N–H and O–H groups in total. The lowest BCUT2D eigenvalue weighted by Gasteiger charge is -2.37. The van der Waals surface area contributed by atoms with Crippen molar-refractivity contribution in [2.75, 3.05) is 5.01 Å². The summed E-state index contributed by atoms with van der Waals surface area (Å²) in [6.07, 6.45) is 4.31. The number of benzene rings is 1. The largest absolute Gasteiger partial charge is 0.380 e. The minimum Gasteiger partial charge on any atom is -0.380 e. The van der Waals surface area contributed by atoms with Crippen molar-refractivity contribution in [2.45, 2.75) is 58.1 Å². The Morgan fingerprint density at radius 1 is 1.37 bits per heavy atom. The molecule has 2 aliphatic carbocycles. The Morgan fingerprint density at radius 3 is 2.63 bits per heavy atom. The predicted molar refractivity (Wildman–Crippen MR) is 104 cm³/mol. The van der Waals surface area contributed by atoms with E-state index in [0.717, 1.165) is 19.3 Å². The van der Waals surface area contributed by atoms with Gasteiger partial charge in [0.2, 0.25) is 0 Å². The topological polar surface area (TPSA) is 60.9 Å². The first-order chi connectivity index (χ1) is 12.7. The number of amides is 2. The molecule has 144 valence electrons. The number of hydrogen-bond acceptors (Lipinski definition) is 3. The van der Waals surface area contributed by atoms with E-state index in [1.165, 1.54) is 11.9 Å². The van der Waals surface area contributed by atoms with Crippen molar-refractivity contribution >= 4 is 17.5 Å². The minimum atomic E-state index is -1.59. The maximum atomic E-state index is 13.8. The molecule has 2 bridgehead atoms. The van der Waals surface area contributed by atoms with Gasteiger partial charge in [0.1, 0.15) is 5.60 Å². The SMILES string of the molecule is C=CC[C@@](C)(O)C(=O)N1[C@H]2C[C@H]3CC[C@]2(C(=O)N1c1ccccc1)C3(C)C. The third-order valence-corrected chi connectivity index (χ3v) is 7.43. The number of hydrazine groups is 1. The van der Waals surface area contributed by atoms with Gasteiger partial charge in [0.05, 0.1) is 17.1 Å². The number of nitrogens with zero attached hydrogens (tertiary/aromatic N) is 2. The Balaban J connectivity index is 1.86. The summed E-state index contributed by atoms with van der Waals surface area (Å²) in [6, 6.07) is 9.10. The average molecular weight is 368 g/mol. The van der Waals surface area contributed by atoms with Gasteiger partial charge in [-0.15, -0.1) is 6.58 Å². The van der Waals surface area contributed by atoms with E-state index in [4.69, 9.17) is 0 Å². The van der Waals surface area contributed by atoms with Crippen molar-refractivity contribution in [3.05, 3.63) is 43.0 Å². The molecule has 0 unspecified atom stereocenters. The molecule has 27 heavy (non-hydrogen) atoms. The molecule has 5 nitrogen and oxygen atoms in total. The van der Waals surface area contributed by atoms with E-state index in [0.29, 0.717) is 11.6 Å². The smallest absolute Gasteiger partial charge is 0.273 e. The van der Waals surface area contributed by atoms with Crippen LogP contribution in [0.1, 0.15) is 46.5 Å². The molecule has 1 aliphatic heterocycles. The molecular weight excluding hydrogens is 340 g/mol. The van der Waals surface area contributed by atoms with Crippen LogP contribution in [0.25, 0.3) is 0 Å². The van der Waals surface area contributed by atoms with Gasteiger partial charge in [0.25, 0.3) is 11.8 Å². The summed E-state index contributed by atoms with van der Waals surface area (Å²) in [5.41, 5.74) is -1.66. The molecule has 1 aromatic carbocycles. The first-order valence-electron chi connectivity index (χ1n) is 9.75. The summed E-state index contributed by atoms with van der Waals surface area (Å²) in [5.74, 6) is -0.0136. The van der Waals surface area contributed by atoms with Crippen LogP contribution in [0.4, 0.5) is 5.69 Å². The number of para-hydroxylation sites is 1. The fraction of sp³-hybridized carbons (Fsp3) is 0.545. The lowest BCUT2D eigenvalue weighted by molar-refractivity contribution is -0.152. The average Bonchev–Trinajstić information content (AvgIpc) is 3.14. The molecule has 3 aliphatic rings. The number of hydrogen-bond donors (Lipinski definition) is 1. The zero-order valence-electron chi connectivity index (χ0n) is 16.3. The first-order valence-corrected chi connectivity index (χ1v) is 9.75. The van der Waals surface area contributed by atoms with Gasteiger partial charge in [0.15, 0.2) is 0 Å². The van der Waals surface area contributed by atoms with Crippen LogP contribution in [-0.2, 0) is 9.59 Å². The molecule has 4 atom stereocenters. The summed E-state index contributed by atoms with van der Waals surface area (Å²) in [6.45, 7) is 9.51. The van der Waals surface area contributed by atoms with Crippen LogP contribution >= 0.6 is 0 Å². The summed E-state index contributed by atoms with van der Waals surface area (Å²) in [5, 5.41) is 13.9. The van der Waals surface area contributed by atoms with E-state index >= 15 is 0 Å². The molecule has 1 heterocycles. The van der Waals surface area contributed by atoms with Gasteiger partial charge in [-0.05, 0) is 49.7 Å². The molecule has 3 fully saturated rings. The van der Waals surface area contributed by atoms with Gasteiger partial charge in [-0.2, -0.15) is 0 Å². The number of rotatable bonds is 4. The molecule has 0 aromatic heterocycles. The van der Waals surface area contributed by atoms with Crippen LogP contribution in [0.3, 0.4) is 0 Å². The number of aliphatic hydroxyl groups is 1. The van der Waals surface area contributed by atoms with Crippen molar-refractivity contribution < 1.29 is 14.7 Å². The van der Waals surface area contributed by atoms with E-state index in [9.17, 15) is 14.7 Å². The van der Waals surface area contributed by atoms with Crippen molar-refractivity contribution in [1.82, 2.24) is 5.01 Å². The Kier molecular flexibility index (Phi) is 3.83. The normalized spacial score (nSPS) is 33.1. The highest BCUT2D eigenvalue weighted by Gasteiger charge is 2.75. The monoisotopic (exact) mass is 368 g/mol. The Bertz CT molecular complexity index is 801. The summed E-state index contributed by atoms with van der Waals surface area (Å²) in [4.78, 5) is 27.3. The highest BCUT2D eigenvalue weighted by atomic mass is 16.3. The van der Waals surface area contributed by atoms with Crippen molar-refractivity contribution in [1.29, 1.82) is 0 Å². The predicted octanol–water partition coefficient (Wildman–Crippen LogP) is 3.30. The highest BCUT2D eigenvalue weighted by Crippen LogP contribution is 2.70. The molecular formula is C22H28N2O3. The van der Waals surface area contributed by atoms with Crippen LogP contribution in [0.15, 0.2) is 43.0 Å². The molecule has 5 heteroatoms. The maximum Gasteiger partial charge on any atom is 0.273 e. The number of carbonyl (C=O) groups excluding carboxylic acids is 2. The molecule has 1 saturated heterocycles. The third kappa shape index (κ3) is 2.15. The van der Waals surface area contributed by atoms with E-state index in [1.807, 2.05) is 30.3 Å². The number of anilines is 1. The zero-order chi connectivity index (χ0) is 19.6.